The van der Waals surface area contributed by atoms with Gasteiger partial charge in [0.1, 0.15) is 5.75 Å². The van der Waals surface area contributed by atoms with Crippen LogP contribution in [0.15, 0.2) is 58.4 Å². The number of ether oxygens (including phenoxy) is 1. The first-order valence-electron chi connectivity index (χ1n) is 9.23. The first kappa shape index (κ1) is 23.5. The molecule has 2 aromatic carbocycles. The molecule has 2 rings (SSSR count). The highest BCUT2D eigenvalue weighted by atomic mass is 32.2. The Balaban J connectivity index is 1.99. The van der Waals surface area contributed by atoms with E-state index in [1.54, 1.807) is 30.3 Å². The Hall–Kier alpha value is -2.75. The average molecular weight is 443 g/mol. The number of hydrogen-bond acceptors (Lipinski definition) is 4. The van der Waals surface area contributed by atoms with E-state index < -0.39 is 16.2 Å². The summed E-state index contributed by atoms with van der Waals surface area (Å²) in [5.74, 6) is 0.169. The number of guanidine groups is 1. The molecule has 0 heterocycles. The monoisotopic (exact) mass is 443 g/mol. The Bertz CT molecular complexity index is 959. The van der Waals surface area contributed by atoms with Crippen molar-refractivity contribution in [1.82, 2.24) is 10.6 Å². The number of rotatable bonds is 8. The van der Waals surface area contributed by atoms with Gasteiger partial charge in [0.15, 0.2) is 15.8 Å². The molecule has 0 fully saturated rings. The van der Waals surface area contributed by atoms with Crippen molar-refractivity contribution in [3.8, 4) is 5.75 Å². The maximum Gasteiger partial charge on any atom is 0.573 e. The molecule has 0 saturated carbocycles. The molecule has 0 spiro atoms. The van der Waals surface area contributed by atoms with Crippen LogP contribution >= 0.6 is 0 Å². The van der Waals surface area contributed by atoms with Gasteiger partial charge in [0.05, 0.1) is 11.4 Å². The number of halogens is 3. The number of nitrogens with one attached hydrogen (secondary N) is 2. The lowest BCUT2D eigenvalue weighted by Crippen LogP contribution is -2.38. The van der Waals surface area contributed by atoms with Crippen LogP contribution in [0.25, 0.3) is 0 Å². The van der Waals surface area contributed by atoms with Crippen molar-refractivity contribution in [2.75, 3.05) is 19.3 Å². The molecule has 0 atom stereocenters. The molecule has 0 aliphatic carbocycles. The van der Waals surface area contributed by atoms with E-state index in [1.807, 2.05) is 6.92 Å². The third-order valence-electron chi connectivity index (χ3n) is 4.01. The van der Waals surface area contributed by atoms with Gasteiger partial charge in [-0.05, 0) is 37.1 Å². The number of nitrogens with zero attached hydrogens (tertiary/aromatic N) is 1. The van der Waals surface area contributed by atoms with Gasteiger partial charge in [-0.1, -0.05) is 30.3 Å². The Morgan fingerprint density at radius 1 is 1.07 bits per heavy atom. The van der Waals surface area contributed by atoms with Gasteiger partial charge in [0, 0.05) is 24.9 Å². The van der Waals surface area contributed by atoms with Crippen LogP contribution in [0.2, 0.25) is 0 Å². The van der Waals surface area contributed by atoms with Gasteiger partial charge in [-0.2, -0.15) is 0 Å². The van der Waals surface area contributed by atoms with Gasteiger partial charge in [0.25, 0.3) is 0 Å². The van der Waals surface area contributed by atoms with Crippen LogP contribution in [-0.4, -0.2) is 40.1 Å². The molecule has 0 bridgehead atoms. The summed E-state index contributed by atoms with van der Waals surface area (Å²) >= 11 is 0. The molecule has 0 saturated heterocycles. The predicted octanol–water partition coefficient (Wildman–Crippen LogP) is 3.29. The van der Waals surface area contributed by atoms with E-state index in [0.29, 0.717) is 31.0 Å². The van der Waals surface area contributed by atoms with Crippen molar-refractivity contribution in [2.24, 2.45) is 4.99 Å². The average Bonchev–Trinajstić information content (AvgIpc) is 2.65. The summed E-state index contributed by atoms with van der Waals surface area (Å²) < 4.78 is 64.7. The fourth-order valence-corrected chi connectivity index (χ4v) is 3.22. The topological polar surface area (TPSA) is 79.8 Å². The Morgan fingerprint density at radius 2 is 1.73 bits per heavy atom. The summed E-state index contributed by atoms with van der Waals surface area (Å²) in [7, 11) is -3.24. The maximum absolute atomic E-state index is 12.5. The zero-order valence-corrected chi connectivity index (χ0v) is 17.5. The second kappa shape index (κ2) is 10.3. The fraction of sp³-hybridized carbons (Fsp3) is 0.350. The third kappa shape index (κ3) is 7.94. The molecule has 0 radical (unpaired) electrons. The number of hydrogen-bond donors (Lipinski definition) is 2. The largest absolute Gasteiger partial charge is 0.573 e. The van der Waals surface area contributed by atoms with Gasteiger partial charge in [-0.25, -0.2) is 13.4 Å². The van der Waals surface area contributed by atoms with Crippen LogP contribution in [0.4, 0.5) is 13.2 Å². The SMILES string of the molecule is CCNC(=NCc1ccccc1OC(F)(F)F)NCCc1ccc(S(C)(=O)=O)cc1. The smallest absolute Gasteiger partial charge is 0.405 e. The standard InChI is InChI=1S/C20H24F3N3O3S/c1-3-24-19(25-13-12-15-8-10-17(11-9-15)30(2,27)28)26-14-16-6-4-5-7-18(16)29-20(21,22)23/h4-11H,3,12-14H2,1-2H3,(H2,24,25,26). The highest BCUT2D eigenvalue weighted by Crippen LogP contribution is 2.26. The second-order valence-corrected chi connectivity index (χ2v) is 8.46. The molecule has 30 heavy (non-hydrogen) atoms. The molecule has 0 aliphatic rings. The molecule has 164 valence electrons. The molecule has 0 amide bonds. The van der Waals surface area contributed by atoms with E-state index in [0.717, 1.165) is 11.8 Å². The molecule has 0 aliphatic heterocycles. The highest BCUT2D eigenvalue weighted by Gasteiger charge is 2.31. The van der Waals surface area contributed by atoms with Gasteiger partial charge in [-0.15, -0.1) is 13.2 Å². The van der Waals surface area contributed by atoms with Crippen molar-refractivity contribution in [3.05, 3.63) is 59.7 Å². The quantitative estimate of drug-likeness (QED) is 0.484. The number of para-hydroxylation sites is 1. The van der Waals surface area contributed by atoms with Gasteiger partial charge >= 0.3 is 6.36 Å². The van der Waals surface area contributed by atoms with E-state index in [1.165, 1.54) is 18.2 Å². The van der Waals surface area contributed by atoms with Crippen molar-refractivity contribution in [3.63, 3.8) is 0 Å². The van der Waals surface area contributed by atoms with Crippen LogP contribution < -0.4 is 15.4 Å². The molecule has 2 N–H and O–H groups in total. The second-order valence-electron chi connectivity index (χ2n) is 6.44. The van der Waals surface area contributed by atoms with E-state index in [-0.39, 0.29) is 17.2 Å². The summed E-state index contributed by atoms with van der Waals surface area (Å²) in [6, 6.07) is 12.5. The lowest BCUT2D eigenvalue weighted by molar-refractivity contribution is -0.274. The van der Waals surface area contributed by atoms with E-state index in [4.69, 9.17) is 0 Å². The lowest BCUT2D eigenvalue weighted by atomic mass is 10.1. The summed E-state index contributed by atoms with van der Waals surface area (Å²) in [4.78, 5) is 4.58. The summed E-state index contributed by atoms with van der Waals surface area (Å²) in [6.45, 7) is 2.97. The van der Waals surface area contributed by atoms with Crippen LogP contribution in [0.3, 0.4) is 0 Å². The van der Waals surface area contributed by atoms with Gasteiger partial charge < -0.3 is 15.4 Å². The molecule has 0 unspecified atom stereocenters. The van der Waals surface area contributed by atoms with E-state index >= 15 is 0 Å². The number of alkyl halides is 3. The summed E-state index contributed by atoms with van der Waals surface area (Å²) in [5, 5.41) is 6.14. The van der Waals surface area contributed by atoms with Gasteiger partial charge in [0.2, 0.25) is 0 Å². The molecule has 10 heteroatoms. The van der Waals surface area contributed by atoms with E-state index in [9.17, 15) is 21.6 Å². The van der Waals surface area contributed by atoms with Crippen molar-refractivity contribution >= 4 is 15.8 Å². The van der Waals surface area contributed by atoms with E-state index in [2.05, 4.69) is 20.4 Å². The summed E-state index contributed by atoms with van der Waals surface area (Å²) in [5.41, 5.74) is 1.25. The maximum atomic E-state index is 12.5. The summed E-state index contributed by atoms with van der Waals surface area (Å²) in [6.07, 6.45) is -3.00. The van der Waals surface area contributed by atoms with Crippen LogP contribution in [0, 0.1) is 0 Å². The van der Waals surface area contributed by atoms with Crippen molar-refractivity contribution in [2.45, 2.75) is 31.1 Å². The number of aliphatic imine (C=N–C) groups is 1. The minimum Gasteiger partial charge on any atom is -0.405 e. The molecule has 0 aromatic heterocycles. The first-order valence-corrected chi connectivity index (χ1v) is 11.1. The Morgan fingerprint density at radius 3 is 2.33 bits per heavy atom. The van der Waals surface area contributed by atoms with Crippen LogP contribution in [0.5, 0.6) is 5.75 Å². The molecule has 6 nitrogen and oxygen atoms in total. The van der Waals surface area contributed by atoms with Crippen molar-refractivity contribution < 1.29 is 26.3 Å². The molecular weight excluding hydrogens is 419 g/mol. The molecule has 2 aromatic rings. The molecular formula is C20H24F3N3O3S. The lowest BCUT2D eigenvalue weighted by Gasteiger charge is -2.14. The zero-order valence-electron chi connectivity index (χ0n) is 16.7. The minimum atomic E-state index is -4.77. The van der Waals surface area contributed by atoms with Crippen LogP contribution in [-0.2, 0) is 22.8 Å². The fourth-order valence-electron chi connectivity index (χ4n) is 2.59. The Labute approximate surface area is 174 Å². The third-order valence-corrected chi connectivity index (χ3v) is 5.14. The Kier molecular flexibility index (Phi) is 8.10. The first-order chi connectivity index (χ1) is 14.1. The van der Waals surface area contributed by atoms with Crippen LogP contribution in [0.1, 0.15) is 18.1 Å². The highest BCUT2D eigenvalue weighted by molar-refractivity contribution is 7.90. The zero-order chi connectivity index (χ0) is 22.2. The van der Waals surface area contributed by atoms with Crippen molar-refractivity contribution in [1.29, 1.82) is 0 Å². The predicted molar refractivity (Wildman–Crippen MR) is 109 cm³/mol. The number of sulfone groups is 1. The normalized spacial score (nSPS) is 12.5. The van der Waals surface area contributed by atoms with Gasteiger partial charge in [-0.3, -0.25) is 0 Å². The number of benzene rings is 2. The minimum absolute atomic E-state index is 0.00461.